The van der Waals surface area contributed by atoms with E-state index in [1.54, 1.807) is 0 Å². The van der Waals surface area contributed by atoms with Crippen molar-refractivity contribution in [2.45, 2.75) is 13.1 Å². The number of rotatable bonds is 3. The van der Waals surface area contributed by atoms with Crippen molar-refractivity contribution in [3.63, 3.8) is 0 Å². The Hall–Kier alpha value is -2.90. The molecule has 2 nitrogen and oxygen atoms in total. The van der Waals surface area contributed by atoms with Crippen molar-refractivity contribution in [3.8, 4) is 22.8 Å². The third-order valence-corrected chi connectivity index (χ3v) is 3.59. The molecule has 0 spiro atoms. The minimum atomic E-state index is -4.90. The van der Waals surface area contributed by atoms with E-state index in [2.05, 4.69) is 0 Å². The second kappa shape index (κ2) is 6.44. The molecular weight excluding hydrogens is 362 g/mol. The van der Waals surface area contributed by atoms with E-state index in [1.165, 1.54) is 25.3 Å². The molecule has 0 aliphatic rings. The van der Waals surface area contributed by atoms with Gasteiger partial charge in [-0.3, -0.25) is 0 Å². The van der Waals surface area contributed by atoms with Gasteiger partial charge in [-0.2, -0.15) is 13.2 Å². The van der Waals surface area contributed by atoms with Crippen LogP contribution in [-0.2, 0) is 6.18 Å². The minimum absolute atomic E-state index is 0.0247. The van der Waals surface area contributed by atoms with Crippen LogP contribution in [-0.4, -0.2) is 0 Å². The van der Waals surface area contributed by atoms with Crippen LogP contribution in [0.15, 0.2) is 47.1 Å². The summed E-state index contributed by atoms with van der Waals surface area (Å²) in [6.07, 6.45) is -3.59. The molecule has 0 radical (unpaired) electrons. The van der Waals surface area contributed by atoms with Crippen LogP contribution in [0.25, 0.3) is 11.3 Å². The molecule has 26 heavy (non-hydrogen) atoms. The summed E-state index contributed by atoms with van der Waals surface area (Å²) in [5.74, 6) is -4.70. The summed E-state index contributed by atoms with van der Waals surface area (Å²) in [5.41, 5.74) is -1.31. The third kappa shape index (κ3) is 3.40. The van der Waals surface area contributed by atoms with Crippen molar-refractivity contribution in [3.05, 3.63) is 71.2 Å². The van der Waals surface area contributed by atoms with Gasteiger partial charge < -0.3 is 9.15 Å². The van der Waals surface area contributed by atoms with Crippen molar-refractivity contribution in [2.75, 3.05) is 0 Å². The summed E-state index contributed by atoms with van der Waals surface area (Å²) in [5, 5.41) is 0. The predicted molar refractivity (Wildman–Crippen MR) is 80.3 cm³/mol. The fraction of sp³-hybridized carbons (Fsp3) is 0.111. The van der Waals surface area contributed by atoms with E-state index in [4.69, 9.17) is 9.15 Å². The van der Waals surface area contributed by atoms with E-state index in [0.29, 0.717) is 0 Å². The van der Waals surface area contributed by atoms with Crippen LogP contribution in [0.4, 0.5) is 26.3 Å². The number of benzene rings is 2. The van der Waals surface area contributed by atoms with Crippen LogP contribution in [0.3, 0.4) is 0 Å². The zero-order valence-electron chi connectivity index (χ0n) is 13.1. The van der Waals surface area contributed by atoms with Crippen LogP contribution in [0.1, 0.15) is 11.1 Å². The number of furan rings is 1. The molecule has 0 aliphatic heterocycles. The lowest BCUT2D eigenvalue weighted by molar-refractivity contribution is -0.138. The first-order valence-electron chi connectivity index (χ1n) is 7.25. The Labute approximate surface area is 143 Å². The number of ether oxygens (including phenoxy) is 1. The number of hydrogen-bond acceptors (Lipinski definition) is 2. The van der Waals surface area contributed by atoms with E-state index < -0.39 is 34.9 Å². The van der Waals surface area contributed by atoms with Gasteiger partial charge in [-0.25, -0.2) is 13.2 Å². The Morgan fingerprint density at radius 3 is 2.12 bits per heavy atom. The standard InChI is InChI=1S/C18H10F6O2/c1-9-5-12(19)11(15-3-2-4-25-15)8-16(9)26-17-13(20)6-10(7-14(17)21)18(22,23)24/h2-8H,1H3. The van der Waals surface area contributed by atoms with Gasteiger partial charge >= 0.3 is 6.18 Å². The summed E-state index contributed by atoms with van der Waals surface area (Å²) in [7, 11) is 0. The molecule has 2 aromatic carbocycles. The van der Waals surface area contributed by atoms with Crippen molar-refractivity contribution >= 4 is 0 Å². The predicted octanol–water partition coefficient (Wildman–Crippen LogP) is 6.48. The number of hydrogen-bond donors (Lipinski definition) is 0. The van der Waals surface area contributed by atoms with E-state index >= 15 is 0 Å². The maximum Gasteiger partial charge on any atom is 0.416 e. The molecular formula is C18H10F6O2. The molecule has 0 amide bonds. The highest BCUT2D eigenvalue weighted by Gasteiger charge is 2.33. The quantitative estimate of drug-likeness (QED) is 0.491. The van der Waals surface area contributed by atoms with Gasteiger partial charge in [0, 0.05) is 0 Å². The largest absolute Gasteiger partial charge is 0.464 e. The molecule has 136 valence electrons. The van der Waals surface area contributed by atoms with Gasteiger partial charge in [0.25, 0.3) is 0 Å². The Morgan fingerprint density at radius 1 is 0.923 bits per heavy atom. The molecule has 0 saturated carbocycles. The molecule has 0 aliphatic carbocycles. The molecule has 1 heterocycles. The molecule has 0 atom stereocenters. The van der Waals surface area contributed by atoms with Gasteiger partial charge in [-0.15, -0.1) is 0 Å². The maximum absolute atomic E-state index is 14.1. The molecule has 0 bridgehead atoms. The SMILES string of the molecule is Cc1cc(F)c(-c2ccco2)cc1Oc1c(F)cc(C(F)(F)F)cc1F. The fourth-order valence-electron chi connectivity index (χ4n) is 2.31. The maximum atomic E-state index is 14.1. The highest BCUT2D eigenvalue weighted by Crippen LogP contribution is 2.38. The lowest BCUT2D eigenvalue weighted by Crippen LogP contribution is -2.07. The molecule has 0 N–H and O–H groups in total. The Kier molecular flexibility index (Phi) is 4.43. The van der Waals surface area contributed by atoms with Gasteiger partial charge in [0.15, 0.2) is 17.4 Å². The zero-order valence-corrected chi connectivity index (χ0v) is 13.1. The molecule has 1 aromatic heterocycles. The summed E-state index contributed by atoms with van der Waals surface area (Å²) >= 11 is 0. The Balaban J connectivity index is 2.03. The van der Waals surface area contributed by atoms with Crippen molar-refractivity contribution in [1.29, 1.82) is 0 Å². The number of aryl methyl sites for hydroxylation is 1. The monoisotopic (exact) mass is 372 g/mol. The highest BCUT2D eigenvalue weighted by molar-refractivity contribution is 5.62. The summed E-state index contributed by atoms with van der Waals surface area (Å²) < 4.78 is 90.0. The van der Waals surface area contributed by atoms with Crippen LogP contribution in [0, 0.1) is 24.4 Å². The lowest BCUT2D eigenvalue weighted by atomic mass is 10.1. The average Bonchev–Trinajstić information content (AvgIpc) is 3.05. The average molecular weight is 372 g/mol. The van der Waals surface area contributed by atoms with E-state index in [0.717, 1.165) is 12.1 Å². The second-order valence-electron chi connectivity index (χ2n) is 5.44. The minimum Gasteiger partial charge on any atom is -0.464 e. The topological polar surface area (TPSA) is 22.4 Å². The van der Waals surface area contributed by atoms with Crippen LogP contribution >= 0.6 is 0 Å². The van der Waals surface area contributed by atoms with Crippen LogP contribution < -0.4 is 4.74 Å². The summed E-state index contributed by atoms with van der Waals surface area (Å²) in [6, 6.07) is 5.46. The first-order chi connectivity index (χ1) is 12.2. The lowest BCUT2D eigenvalue weighted by Gasteiger charge is -2.14. The number of alkyl halides is 3. The first-order valence-corrected chi connectivity index (χ1v) is 7.25. The molecule has 0 saturated heterocycles. The number of halogens is 6. The van der Waals surface area contributed by atoms with E-state index in [-0.39, 0.29) is 34.8 Å². The van der Waals surface area contributed by atoms with Crippen LogP contribution in [0.5, 0.6) is 11.5 Å². The van der Waals surface area contributed by atoms with Gasteiger partial charge in [-0.05, 0) is 48.9 Å². The van der Waals surface area contributed by atoms with E-state index in [9.17, 15) is 26.3 Å². The third-order valence-electron chi connectivity index (χ3n) is 3.59. The zero-order chi connectivity index (χ0) is 19.1. The molecule has 3 rings (SSSR count). The Bertz CT molecular complexity index is 922. The summed E-state index contributed by atoms with van der Waals surface area (Å²) in [6.45, 7) is 1.42. The summed E-state index contributed by atoms with van der Waals surface area (Å²) in [4.78, 5) is 0. The van der Waals surface area contributed by atoms with Gasteiger partial charge in [-0.1, -0.05) is 0 Å². The highest BCUT2D eigenvalue weighted by atomic mass is 19.4. The van der Waals surface area contributed by atoms with E-state index in [1.807, 2.05) is 0 Å². The molecule has 3 aromatic rings. The first kappa shape index (κ1) is 17.9. The Morgan fingerprint density at radius 2 is 1.58 bits per heavy atom. The molecule has 0 unspecified atom stereocenters. The van der Waals surface area contributed by atoms with Crippen molar-refractivity contribution in [2.24, 2.45) is 0 Å². The van der Waals surface area contributed by atoms with Gasteiger partial charge in [0.05, 0.1) is 17.4 Å². The second-order valence-corrected chi connectivity index (χ2v) is 5.44. The van der Waals surface area contributed by atoms with Crippen molar-refractivity contribution in [1.82, 2.24) is 0 Å². The fourth-order valence-corrected chi connectivity index (χ4v) is 2.31. The molecule has 8 heteroatoms. The molecule has 0 fully saturated rings. The van der Waals surface area contributed by atoms with Crippen LogP contribution in [0.2, 0.25) is 0 Å². The van der Waals surface area contributed by atoms with Crippen molar-refractivity contribution < 1.29 is 35.5 Å². The van der Waals surface area contributed by atoms with Gasteiger partial charge in [0.2, 0.25) is 0 Å². The smallest absolute Gasteiger partial charge is 0.416 e. The normalized spacial score (nSPS) is 11.7. The van der Waals surface area contributed by atoms with Gasteiger partial charge in [0.1, 0.15) is 17.3 Å².